The molecule has 2 rings (SSSR count). The Morgan fingerprint density at radius 1 is 1.22 bits per heavy atom. The first kappa shape index (κ1) is 13.7. The van der Waals surface area contributed by atoms with Crippen LogP contribution in [0.3, 0.4) is 0 Å². The molecule has 0 aromatic heterocycles. The second-order valence-electron chi connectivity index (χ2n) is 4.61. The normalized spacial score (nSPS) is 15.2. The van der Waals surface area contributed by atoms with Crippen LogP contribution in [0.25, 0.3) is 0 Å². The molecule has 0 atom stereocenters. The van der Waals surface area contributed by atoms with Gasteiger partial charge in [0.05, 0.1) is 11.4 Å². The number of sulfonamides is 1. The van der Waals surface area contributed by atoms with Crippen LogP contribution >= 0.6 is 11.6 Å². The Balaban J connectivity index is 2.19. The smallest absolute Gasteiger partial charge is 0.232 e. The van der Waals surface area contributed by atoms with E-state index >= 15 is 0 Å². The van der Waals surface area contributed by atoms with Gasteiger partial charge in [0.1, 0.15) is 0 Å². The van der Waals surface area contributed by atoms with Gasteiger partial charge in [0, 0.05) is 5.88 Å². The minimum Gasteiger partial charge on any atom is -0.283 e. The maximum absolute atomic E-state index is 11.9. The van der Waals surface area contributed by atoms with Crippen molar-refractivity contribution in [3.63, 3.8) is 0 Å². The number of aryl methyl sites for hydroxylation is 1. The highest BCUT2D eigenvalue weighted by Gasteiger charge is 2.16. The van der Waals surface area contributed by atoms with Gasteiger partial charge in [-0.2, -0.15) is 0 Å². The van der Waals surface area contributed by atoms with Gasteiger partial charge in [0.25, 0.3) is 0 Å². The van der Waals surface area contributed by atoms with Gasteiger partial charge in [0.15, 0.2) is 0 Å². The summed E-state index contributed by atoms with van der Waals surface area (Å²) >= 11 is 5.53. The number of rotatable bonds is 5. The van der Waals surface area contributed by atoms with Gasteiger partial charge >= 0.3 is 0 Å². The van der Waals surface area contributed by atoms with E-state index in [0.29, 0.717) is 12.3 Å². The highest BCUT2D eigenvalue weighted by molar-refractivity contribution is 7.92. The van der Waals surface area contributed by atoms with E-state index in [1.165, 1.54) is 12.0 Å². The van der Waals surface area contributed by atoms with Gasteiger partial charge in [-0.25, -0.2) is 8.42 Å². The lowest BCUT2D eigenvalue weighted by Crippen LogP contribution is -2.19. The van der Waals surface area contributed by atoms with Gasteiger partial charge < -0.3 is 0 Å². The summed E-state index contributed by atoms with van der Waals surface area (Å²) in [5.74, 6) is 0.452. The van der Waals surface area contributed by atoms with E-state index in [0.717, 1.165) is 30.5 Å². The second-order valence-corrected chi connectivity index (χ2v) is 6.83. The van der Waals surface area contributed by atoms with Crippen molar-refractivity contribution in [3.8, 4) is 0 Å². The molecule has 1 aliphatic carbocycles. The lowest BCUT2D eigenvalue weighted by atomic mass is 9.91. The van der Waals surface area contributed by atoms with E-state index in [4.69, 9.17) is 11.6 Å². The Bertz CT molecular complexity index is 514. The summed E-state index contributed by atoms with van der Waals surface area (Å²) in [6.07, 6.45) is 4.81. The van der Waals surface area contributed by atoms with Gasteiger partial charge in [-0.15, -0.1) is 11.6 Å². The third-order valence-electron chi connectivity index (χ3n) is 3.21. The molecule has 0 radical (unpaired) electrons. The van der Waals surface area contributed by atoms with E-state index in [9.17, 15) is 8.42 Å². The molecule has 1 aliphatic rings. The molecular weight excluding hydrogens is 270 g/mol. The average Bonchev–Trinajstić information content (AvgIpc) is 2.37. The SMILES string of the molecule is O=S(=O)(CCCCl)Nc1cccc2c1CCCC2. The summed E-state index contributed by atoms with van der Waals surface area (Å²) in [6.45, 7) is 0. The van der Waals surface area contributed by atoms with E-state index in [1.807, 2.05) is 12.1 Å². The van der Waals surface area contributed by atoms with Crippen LogP contribution in [0.4, 0.5) is 5.69 Å². The minimum absolute atomic E-state index is 0.0835. The zero-order valence-corrected chi connectivity index (χ0v) is 11.9. The molecule has 0 heterocycles. The maximum Gasteiger partial charge on any atom is 0.232 e. The van der Waals surface area contributed by atoms with Crippen LogP contribution in [-0.2, 0) is 22.9 Å². The van der Waals surface area contributed by atoms with Crippen LogP contribution in [0.2, 0.25) is 0 Å². The van der Waals surface area contributed by atoms with Crippen LogP contribution < -0.4 is 4.72 Å². The van der Waals surface area contributed by atoms with Crippen LogP contribution in [0.15, 0.2) is 18.2 Å². The number of fused-ring (bicyclic) bond motifs is 1. The first-order valence-electron chi connectivity index (χ1n) is 6.29. The molecule has 0 fully saturated rings. The fourth-order valence-electron chi connectivity index (χ4n) is 2.34. The van der Waals surface area contributed by atoms with Gasteiger partial charge in [0.2, 0.25) is 10.0 Å². The molecule has 0 unspecified atom stereocenters. The van der Waals surface area contributed by atoms with Gasteiger partial charge in [-0.1, -0.05) is 12.1 Å². The molecule has 0 amide bonds. The molecule has 0 spiro atoms. The third kappa shape index (κ3) is 3.39. The first-order chi connectivity index (χ1) is 8.62. The Hall–Kier alpha value is -0.740. The molecule has 3 nitrogen and oxygen atoms in total. The Morgan fingerprint density at radius 2 is 2.00 bits per heavy atom. The Labute approximate surface area is 114 Å². The van der Waals surface area contributed by atoms with Crippen LogP contribution in [0, 0.1) is 0 Å². The summed E-state index contributed by atoms with van der Waals surface area (Å²) < 4.78 is 26.4. The van der Waals surface area contributed by atoms with Crippen molar-refractivity contribution in [3.05, 3.63) is 29.3 Å². The second kappa shape index (κ2) is 5.93. The van der Waals surface area contributed by atoms with Crippen LogP contribution in [0.1, 0.15) is 30.4 Å². The zero-order valence-electron chi connectivity index (χ0n) is 10.3. The van der Waals surface area contributed by atoms with E-state index < -0.39 is 10.0 Å². The van der Waals surface area contributed by atoms with Crippen molar-refractivity contribution in [2.75, 3.05) is 16.4 Å². The summed E-state index contributed by atoms with van der Waals surface area (Å²) in [5, 5.41) is 0. The Kier molecular flexibility index (Phi) is 4.51. The van der Waals surface area contributed by atoms with Crippen molar-refractivity contribution < 1.29 is 8.42 Å². The summed E-state index contributed by atoms with van der Waals surface area (Å²) in [7, 11) is -3.26. The molecule has 5 heteroatoms. The fourth-order valence-corrected chi connectivity index (χ4v) is 3.78. The zero-order chi connectivity index (χ0) is 13.0. The molecule has 0 aliphatic heterocycles. The lowest BCUT2D eigenvalue weighted by Gasteiger charge is -2.20. The molecule has 100 valence electrons. The predicted molar refractivity (Wildman–Crippen MR) is 75.8 cm³/mol. The number of halogens is 1. The van der Waals surface area contributed by atoms with Crippen molar-refractivity contribution >= 4 is 27.3 Å². The quantitative estimate of drug-likeness (QED) is 0.847. The highest BCUT2D eigenvalue weighted by Crippen LogP contribution is 2.28. The molecule has 0 saturated heterocycles. The van der Waals surface area contributed by atoms with E-state index in [2.05, 4.69) is 10.8 Å². The summed E-state index contributed by atoms with van der Waals surface area (Å²) in [5.41, 5.74) is 3.19. The van der Waals surface area contributed by atoms with E-state index in [1.54, 1.807) is 0 Å². The van der Waals surface area contributed by atoms with E-state index in [-0.39, 0.29) is 5.75 Å². The molecule has 1 N–H and O–H groups in total. The number of hydrogen-bond donors (Lipinski definition) is 1. The Morgan fingerprint density at radius 3 is 2.78 bits per heavy atom. The van der Waals surface area contributed by atoms with Crippen molar-refractivity contribution in [1.82, 2.24) is 0 Å². The average molecular weight is 288 g/mol. The molecule has 0 saturated carbocycles. The number of hydrogen-bond acceptors (Lipinski definition) is 2. The summed E-state index contributed by atoms with van der Waals surface area (Å²) in [6, 6.07) is 5.86. The van der Waals surface area contributed by atoms with Gasteiger partial charge in [-0.3, -0.25) is 4.72 Å². The largest absolute Gasteiger partial charge is 0.283 e. The number of alkyl halides is 1. The minimum atomic E-state index is -3.26. The molecule has 1 aromatic carbocycles. The predicted octanol–water partition coefficient (Wildman–Crippen LogP) is 2.94. The number of anilines is 1. The molecule has 18 heavy (non-hydrogen) atoms. The van der Waals surface area contributed by atoms with Crippen molar-refractivity contribution in [1.29, 1.82) is 0 Å². The lowest BCUT2D eigenvalue weighted by molar-refractivity contribution is 0.599. The third-order valence-corrected chi connectivity index (χ3v) is 4.83. The van der Waals surface area contributed by atoms with Gasteiger partial charge in [-0.05, 0) is 49.3 Å². The van der Waals surface area contributed by atoms with Crippen LogP contribution in [-0.4, -0.2) is 20.1 Å². The maximum atomic E-state index is 11.9. The summed E-state index contributed by atoms with van der Waals surface area (Å²) in [4.78, 5) is 0. The van der Waals surface area contributed by atoms with Crippen LogP contribution in [0.5, 0.6) is 0 Å². The number of nitrogens with one attached hydrogen (secondary N) is 1. The number of benzene rings is 1. The standard InChI is InChI=1S/C13H18ClNO2S/c14-9-4-10-18(16,17)15-13-8-3-6-11-5-1-2-7-12(11)13/h3,6,8,15H,1-2,4-5,7,9-10H2. The molecule has 1 aromatic rings. The molecule has 0 bridgehead atoms. The monoisotopic (exact) mass is 287 g/mol. The first-order valence-corrected chi connectivity index (χ1v) is 8.48. The highest BCUT2D eigenvalue weighted by atomic mass is 35.5. The van der Waals surface area contributed by atoms with Crippen molar-refractivity contribution in [2.45, 2.75) is 32.1 Å². The fraction of sp³-hybridized carbons (Fsp3) is 0.538. The molecular formula is C13H18ClNO2S. The topological polar surface area (TPSA) is 46.2 Å². The van der Waals surface area contributed by atoms with Crippen molar-refractivity contribution in [2.24, 2.45) is 0 Å².